The van der Waals surface area contributed by atoms with Crippen LogP contribution in [0.3, 0.4) is 0 Å². The summed E-state index contributed by atoms with van der Waals surface area (Å²) in [5.74, 6) is -0.127. The van der Waals surface area contributed by atoms with Crippen LogP contribution >= 0.6 is 0 Å². The van der Waals surface area contributed by atoms with Crippen LogP contribution in [0.5, 0.6) is 0 Å². The Hall–Kier alpha value is -1.39. The van der Waals surface area contributed by atoms with Crippen LogP contribution in [0.2, 0.25) is 0 Å². The molecule has 0 spiro atoms. The first kappa shape index (κ1) is 14.7. The fourth-order valence-electron chi connectivity index (χ4n) is 1.75. The summed E-state index contributed by atoms with van der Waals surface area (Å²) in [5.41, 5.74) is 6.34. The van der Waals surface area contributed by atoms with E-state index in [1.165, 1.54) is 0 Å². The second-order valence-corrected chi connectivity index (χ2v) is 5.30. The number of benzene rings is 1. The van der Waals surface area contributed by atoms with Crippen molar-refractivity contribution in [2.75, 3.05) is 6.61 Å². The highest BCUT2D eigenvalue weighted by Crippen LogP contribution is 2.06. The van der Waals surface area contributed by atoms with Crippen molar-refractivity contribution in [3.05, 3.63) is 35.9 Å². The number of amides is 1. The minimum atomic E-state index is -0.531. The number of rotatable bonds is 6. The summed E-state index contributed by atoms with van der Waals surface area (Å²) in [4.78, 5) is 11.7. The Morgan fingerprint density at radius 1 is 1.39 bits per heavy atom. The van der Waals surface area contributed by atoms with Crippen molar-refractivity contribution >= 4 is 5.91 Å². The average molecular weight is 250 g/mol. The summed E-state index contributed by atoms with van der Waals surface area (Å²) >= 11 is 0. The van der Waals surface area contributed by atoms with Crippen molar-refractivity contribution in [3.8, 4) is 0 Å². The Balaban J connectivity index is 2.50. The number of carbonyl (C=O) groups is 1. The normalized spacial score (nSPS) is 13.1. The lowest BCUT2D eigenvalue weighted by molar-refractivity contribution is -0.123. The average Bonchev–Trinajstić information content (AvgIpc) is 2.27. The van der Waals surface area contributed by atoms with E-state index < -0.39 is 5.54 Å². The van der Waals surface area contributed by atoms with Crippen molar-refractivity contribution in [2.24, 2.45) is 5.73 Å². The predicted molar refractivity (Wildman–Crippen MR) is 72.0 cm³/mol. The van der Waals surface area contributed by atoms with Crippen LogP contribution in [0.1, 0.15) is 25.8 Å². The quantitative estimate of drug-likeness (QED) is 0.700. The van der Waals surface area contributed by atoms with Crippen LogP contribution in [0.4, 0.5) is 0 Å². The van der Waals surface area contributed by atoms with Crippen molar-refractivity contribution in [3.63, 3.8) is 0 Å². The van der Waals surface area contributed by atoms with E-state index in [-0.39, 0.29) is 25.0 Å². The van der Waals surface area contributed by atoms with Crippen LogP contribution in [-0.4, -0.2) is 29.2 Å². The Labute approximate surface area is 108 Å². The maximum atomic E-state index is 11.7. The van der Waals surface area contributed by atoms with E-state index in [2.05, 4.69) is 5.32 Å². The standard InChI is InChI=1S/C14H22N2O2/c1-14(2,15)9-13(18)16-12(10-17)8-11-6-4-3-5-7-11/h3-7,12,17H,8-10,15H2,1-2H3,(H,16,18)/t12-/m0/s1. The molecule has 1 atom stereocenters. The number of aliphatic hydroxyl groups excluding tert-OH is 1. The Bertz CT molecular complexity index is 371. The number of hydrogen-bond donors (Lipinski definition) is 3. The van der Waals surface area contributed by atoms with E-state index in [0.29, 0.717) is 6.42 Å². The fourth-order valence-corrected chi connectivity index (χ4v) is 1.75. The molecule has 18 heavy (non-hydrogen) atoms. The van der Waals surface area contributed by atoms with Gasteiger partial charge >= 0.3 is 0 Å². The number of nitrogens with one attached hydrogen (secondary N) is 1. The van der Waals surface area contributed by atoms with Gasteiger partial charge in [-0.05, 0) is 25.8 Å². The van der Waals surface area contributed by atoms with E-state index in [0.717, 1.165) is 5.56 Å². The zero-order chi connectivity index (χ0) is 13.6. The Morgan fingerprint density at radius 2 is 2.00 bits per heavy atom. The molecule has 4 heteroatoms. The van der Waals surface area contributed by atoms with Crippen molar-refractivity contribution in [1.82, 2.24) is 5.32 Å². The zero-order valence-corrected chi connectivity index (χ0v) is 11.0. The first-order valence-corrected chi connectivity index (χ1v) is 6.14. The van der Waals surface area contributed by atoms with Crippen molar-refractivity contribution in [2.45, 2.75) is 38.3 Å². The molecule has 0 unspecified atom stereocenters. The van der Waals surface area contributed by atoms with E-state index in [9.17, 15) is 9.90 Å². The summed E-state index contributed by atoms with van der Waals surface area (Å²) in [5, 5.41) is 12.1. The number of aliphatic hydroxyl groups is 1. The van der Waals surface area contributed by atoms with Gasteiger partial charge in [0, 0.05) is 12.0 Å². The molecule has 1 aromatic carbocycles. The van der Waals surface area contributed by atoms with Gasteiger partial charge in [-0.2, -0.15) is 0 Å². The monoisotopic (exact) mass is 250 g/mol. The highest BCUT2D eigenvalue weighted by atomic mass is 16.3. The molecule has 0 saturated carbocycles. The van der Waals surface area contributed by atoms with Gasteiger partial charge in [-0.3, -0.25) is 4.79 Å². The molecular weight excluding hydrogens is 228 g/mol. The summed E-state index contributed by atoms with van der Waals surface area (Å²) in [6, 6.07) is 9.50. The summed E-state index contributed by atoms with van der Waals surface area (Å²) in [7, 11) is 0. The molecule has 4 N–H and O–H groups in total. The molecule has 1 rings (SSSR count). The van der Waals surface area contributed by atoms with Gasteiger partial charge in [0.1, 0.15) is 0 Å². The molecule has 0 aliphatic rings. The SMILES string of the molecule is CC(C)(N)CC(=O)N[C@H](CO)Cc1ccccc1. The molecule has 4 nitrogen and oxygen atoms in total. The lowest BCUT2D eigenvalue weighted by Crippen LogP contribution is -2.44. The van der Waals surface area contributed by atoms with Gasteiger partial charge in [0.15, 0.2) is 0 Å². The number of hydrogen-bond acceptors (Lipinski definition) is 3. The van der Waals surface area contributed by atoms with Crippen molar-refractivity contribution in [1.29, 1.82) is 0 Å². The summed E-state index contributed by atoms with van der Waals surface area (Å²) < 4.78 is 0. The van der Waals surface area contributed by atoms with Crippen LogP contribution in [-0.2, 0) is 11.2 Å². The second kappa shape index (κ2) is 6.52. The summed E-state index contributed by atoms with van der Waals surface area (Å²) in [6.07, 6.45) is 0.867. The molecule has 1 aromatic rings. The first-order valence-electron chi connectivity index (χ1n) is 6.14. The topological polar surface area (TPSA) is 75.4 Å². The summed E-state index contributed by atoms with van der Waals surface area (Å²) in [6.45, 7) is 3.53. The minimum absolute atomic E-state index is 0.0777. The molecular formula is C14H22N2O2. The van der Waals surface area contributed by atoms with Crippen LogP contribution < -0.4 is 11.1 Å². The molecule has 0 aliphatic heterocycles. The third-order valence-corrected chi connectivity index (χ3v) is 2.53. The molecule has 1 amide bonds. The second-order valence-electron chi connectivity index (χ2n) is 5.30. The van der Waals surface area contributed by atoms with Crippen molar-refractivity contribution < 1.29 is 9.90 Å². The van der Waals surface area contributed by atoms with Crippen LogP contribution in [0.15, 0.2) is 30.3 Å². The largest absolute Gasteiger partial charge is 0.394 e. The zero-order valence-electron chi connectivity index (χ0n) is 11.0. The molecule has 0 radical (unpaired) electrons. The first-order chi connectivity index (χ1) is 8.40. The minimum Gasteiger partial charge on any atom is -0.394 e. The van der Waals surface area contributed by atoms with Gasteiger partial charge in [-0.1, -0.05) is 30.3 Å². The molecule has 0 aliphatic carbocycles. The highest BCUT2D eigenvalue weighted by molar-refractivity contribution is 5.77. The lowest BCUT2D eigenvalue weighted by atomic mass is 10.0. The lowest BCUT2D eigenvalue weighted by Gasteiger charge is -2.21. The van der Waals surface area contributed by atoms with E-state index >= 15 is 0 Å². The van der Waals surface area contributed by atoms with E-state index in [1.807, 2.05) is 30.3 Å². The maximum absolute atomic E-state index is 11.7. The molecule has 0 fully saturated rings. The third-order valence-electron chi connectivity index (χ3n) is 2.53. The van der Waals surface area contributed by atoms with Gasteiger partial charge < -0.3 is 16.2 Å². The van der Waals surface area contributed by atoms with Crippen LogP contribution in [0, 0.1) is 0 Å². The molecule has 0 aromatic heterocycles. The predicted octanol–water partition coefficient (Wildman–Crippen LogP) is 0.834. The van der Waals surface area contributed by atoms with E-state index in [4.69, 9.17) is 5.73 Å². The number of carbonyl (C=O) groups excluding carboxylic acids is 1. The smallest absolute Gasteiger partial charge is 0.222 e. The van der Waals surface area contributed by atoms with Gasteiger partial charge in [-0.25, -0.2) is 0 Å². The molecule has 100 valence electrons. The maximum Gasteiger partial charge on any atom is 0.222 e. The Kier molecular flexibility index (Phi) is 5.31. The van der Waals surface area contributed by atoms with Gasteiger partial charge in [0.25, 0.3) is 0 Å². The molecule has 0 heterocycles. The fraction of sp³-hybridized carbons (Fsp3) is 0.500. The van der Waals surface area contributed by atoms with E-state index in [1.54, 1.807) is 13.8 Å². The van der Waals surface area contributed by atoms with Crippen LogP contribution in [0.25, 0.3) is 0 Å². The third kappa shape index (κ3) is 5.80. The molecule has 0 bridgehead atoms. The highest BCUT2D eigenvalue weighted by Gasteiger charge is 2.19. The molecule has 0 saturated heterocycles. The Morgan fingerprint density at radius 3 is 2.50 bits per heavy atom. The van der Waals surface area contributed by atoms with Gasteiger partial charge in [0.2, 0.25) is 5.91 Å². The van der Waals surface area contributed by atoms with Gasteiger partial charge in [-0.15, -0.1) is 0 Å². The van der Waals surface area contributed by atoms with Gasteiger partial charge in [0.05, 0.1) is 12.6 Å². The number of nitrogens with two attached hydrogens (primary N) is 1.